The number of nitrogens with one attached hydrogen (secondary N) is 1. The van der Waals surface area contributed by atoms with Crippen molar-refractivity contribution in [1.29, 1.82) is 0 Å². The fourth-order valence-corrected chi connectivity index (χ4v) is 2.54. The van der Waals surface area contributed by atoms with E-state index in [9.17, 15) is 4.79 Å². The van der Waals surface area contributed by atoms with Crippen LogP contribution in [-0.2, 0) is 9.53 Å². The summed E-state index contributed by atoms with van der Waals surface area (Å²) in [6, 6.07) is 7.89. The van der Waals surface area contributed by atoms with E-state index in [1.807, 2.05) is 57.0 Å². The number of carbonyl (C=O) groups is 1. The number of hydrogen-bond acceptors (Lipinski definition) is 5. The third-order valence-corrected chi connectivity index (χ3v) is 3.29. The summed E-state index contributed by atoms with van der Waals surface area (Å²) in [6.45, 7) is 6.33. The van der Waals surface area contributed by atoms with Crippen LogP contribution >= 0.6 is 0 Å². The molecule has 1 aromatic rings. The van der Waals surface area contributed by atoms with Gasteiger partial charge in [0.2, 0.25) is 0 Å². The zero-order valence-corrected chi connectivity index (χ0v) is 13.8. The average molecular weight is 294 g/mol. The summed E-state index contributed by atoms with van der Waals surface area (Å²) < 4.78 is 10.3. The summed E-state index contributed by atoms with van der Waals surface area (Å²) >= 11 is 0. The minimum absolute atomic E-state index is 0.167. The van der Waals surface area contributed by atoms with Gasteiger partial charge in [0.1, 0.15) is 11.3 Å². The zero-order chi connectivity index (χ0) is 16.0. The van der Waals surface area contributed by atoms with E-state index in [1.54, 1.807) is 7.11 Å². The van der Waals surface area contributed by atoms with Crippen molar-refractivity contribution in [2.24, 2.45) is 0 Å². The maximum absolute atomic E-state index is 12.1. The molecule has 1 unspecified atom stereocenters. The highest BCUT2D eigenvalue weighted by molar-refractivity contribution is 5.81. The Bertz CT molecular complexity index is 476. The molecule has 0 bridgehead atoms. The number of ether oxygens (including phenoxy) is 2. The molecule has 0 heterocycles. The lowest BCUT2D eigenvalue weighted by Gasteiger charge is -2.35. The predicted molar refractivity (Wildman–Crippen MR) is 85.0 cm³/mol. The van der Waals surface area contributed by atoms with E-state index in [0.717, 1.165) is 11.4 Å². The molecule has 0 aromatic heterocycles. The van der Waals surface area contributed by atoms with Crippen molar-refractivity contribution in [3.8, 4) is 5.75 Å². The molecular formula is C16H26N2O3. The number of rotatable bonds is 7. The number of benzene rings is 1. The number of para-hydroxylation sites is 2. The lowest BCUT2D eigenvalue weighted by atomic mass is 10.00. The Morgan fingerprint density at radius 1 is 1.33 bits per heavy atom. The molecule has 0 saturated heterocycles. The molecule has 0 spiro atoms. The Balaban J connectivity index is 3.00. The van der Waals surface area contributed by atoms with Crippen molar-refractivity contribution < 1.29 is 14.3 Å². The lowest BCUT2D eigenvalue weighted by molar-refractivity contribution is -0.147. The first kappa shape index (κ1) is 17.3. The molecule has 1 aromatic carbocycles. The van der Waals surface area contributed by atoms with Crippen LogP contribution in [0.1, 0.15) is 20.8 Å². The van der Waals surface area contributed by atoms with Gasteiger partial charge in [0.25, 0.3) is 0 Å². The van der Waals surface area contributed by atoms with Gasteiger partial charge in [-0.1, -0.05) is 12.1 Å². The average Bonchev–Trinajstić information content (AvgIpc) is 2.45. The van der Waals surface area contributed by atoms with Crippen molar-refractivity contribution in [2.75, 3.05) is 32.7 Å². The van der Waals surface area contributed by atoms with Crippen LogP contribution in [0.25, 0.3) is 0 Å². The molecule has 0 amide bonds. The number of nitrogens with zero attached hydrogens (tertiary/aromatic N) is 1. The Morgan fingerprint density at radius 3 is 2.48 bits per heavy atom. The molecule has 0 aliphatic carbocycles. The molecule has 1 atom stereocenters. The van der Waals surface area contributed by atoms with E-state index >= 15 is 0 Å². The second kappa shape index (κ2) is 7.31. The minimum Gasteiger partial charge on any atom is -0.495 e. The molecular weight excluding hydrogens is 268 g/mol. The Morgan fingerprint density at radius 2 is 1.95 bits per heavy atom. The zero-order valence-electron chi connectivity index (χ0n) is 13.8. The molecule has 21 heavy (non-hydrogen) atoms. The van der Waals surface area contributed by atoms with E-state index < -0.39 is 5.54 Å². The molecule has 1 N–H and O–H groups in total. The fraction of sp³-hybridized carbons (Fsp3) is 0.562. The standard InChI is InChI=1S/C16H26N2O3/c1-12(2)17-16(3,15(19)21-6)11-18(4)13-9-7-8-10-14(13)20-5/h7-10,12,17H,11H2,1-6H3. The number of anilines is 1. The molecule has 0 fully saturated rings. The van der Waals surface area contributed by atoms with Gasteiger partial charge in [-0.05, 0) is 32.9 Å². The van der Waals surface area contributed by atoms with Crippen LogP contribution in [-0.4, -0.2) is 45.4 Å². The van der Waals surface area contributed by atoms with Gasteiger partial charge in [-0.25, -0.2) is 4.79 Å². The van der Waals surface area contributed by atoms with Crippen LogP contribution in [0.3, 0.4) is 0 Å². The summed E-state index contributed by atoms with van der Waals surface area (Å²) in [4.78, 5) is 14.1. The van der Waals surface area contributed by atoms with E-state index in [0.29, 0.717) is 6.54 Å². The smallest absolute Gasteiger partial charge is 0.327 e. The van der Waals surface area contributed by atoms with Gasteiger partial charge in [-0.3, -0.25) is 5.32 Å². The van der Waals surface area contributed by atoms with Crippen molar-refractivity contribution in [2.45, 2.75) is 32.4 Å². The van der Waals surface area contributed by atoms with Crippen molar-refractivity contribution in [3.63, 3.8) is 0 Å². The minimum atomic E-state index is -0.793. The molecule has 0 saturated carbocycles. The monoisotopic (exact) mass is 294 g/mol. The van der Waals surface area contributed by atoms with Crippen LogP contribution < -0.4 is 15.0 Å². The van der Waals surface area contributed by atoms with E-state index in [4.69, 9.17) is 9.47 Å². The summed E-state index contributed by atoms with van der Waals surface area (Å²) in [5.74, 6) is 0.495. The number of esters is 1. The molecule has 5 heteroatoms. The van der Waals surface area contributed by atoms with Crippen LogP contribution in [0.2, 0.25) is 0 Å². The first-order chi connectivity index (χ1) is 9.84. The predicted octanol–water partition coefficient (Wildman–Crippen LogP) is 2.06. The van der Waals surface area contributed by atoms with Crippen molar-refractivity contribution >= 4 is 11.7 Å². The molecule has 0 aliphatic rings. The van der Waals surface area contributed by atoms with Crippen molar-refractivity contribution in [1.82, 2.24) is 5.32 Å². The number of hydrogen-bond donors (Lipinski definition) is 1. The molecule has 0 aliphatic heterocycles. The van der Waals surface area contributed by atoms with E-state index in [1.165, 1.54) is 7.11 Å². The van der Waals surface area contributed by atoms with Gasteiger partial charge < -0.3 is 14.4 Å². The highest BCUT2D eigenvalue weighted by Gasteiger charge is 2.36. The normalized spacial score (nSPS) is 13.7. The van der Waals surface area contributed by atoms with Gasteiger partial charge in [0.05, 0.1) is 19.9 Å². The Hall–Kier alpha value is -1.75. The third kappa shape index (κ3) is 4.36. The SMILES string of the molecule is COC(=O)C(C)(CN(C)c1ccccc1OC)NC(C)C. The quantitative estimate of drug-likeness (QED) is 0.780. The van der Waals surface area contributed by atoms with Gasteiger partial charge in [0.15, 0.2) is 0 Å². The highest BCUT2D eigenvalue weighted by Crippen LogP contribution is 2.27. The maximum Gasteiger partial charge on any atom is 0.327 e. The Labute approximate surface area is 127 Å². The van der Waals surface area contributed by atoms with Crippen molar-refractivity contribution in [3.05, 3.63) is 24.3 Å². The summed E-state index contributed by atoms with van der Waals surface area (Å²) in [7, 11) is 4.98. The maximum atomic E-state index is 12.1. The van der Waals surface area contributed by atoms with Crippen LogP contribution in [0.5, 0.6) is 5.75 Å². The number of carbonyl (C=O) groups excluding carboxylic acids is 1. The molecule has 0 radical (unpaired) electrons. The van der Waals surface area contributed by atoms with Gasteiger partial charge >= 0.3 is 5.97 Å². The third-order valence-electron chi connectivity index (χ3n) is 3.29. The molecule has 5 nitrogen and oxygen atoms in total. The van der Waals surface area contributed by atoms with Gasteiger partial charge in [0, 0.05) is 19.6 Å². The molecule has 118 valence electrons. The van der Waals surface area contributed by atoms with Crippen LogP contribution in [0.15, 0.2) is 24.3 Å². The second-order valence-electron chi connectivity index (χ2n) is 5.65. The van der Waals surface area contributed by atoms with Crippen LogP contribution in [0, 0.1) is 0 Å². The van der Waals surface area contributed by atoms with Gasteiger partial charge in [-0.2, -0.15) is 0 Å². The second-order valence-corrected chi connectivity index (χ2v) is 5.65. The van der Waals surface area contributed by atoms with Crippen LogP contribution in [0.4, 0.5) is 5.69 Å². The summed E-state index contributed by atoms with van der Waals surface area (Å²) in [5, 5.41) is 3.29. The molecule has 1 rings (SSSR count). The van der Waals surface area contributed by atoms with E-state index in [-0.39, 0.29) is 12.0 Å². The van der Waals surface area contributed by atoms with E-state index in [2.05, 4.69) is 5.32 Å². The first-order valence-corrected chi connectivity index (χ1v) is 7.04. The largest absolute Gasteiger partial charge is 0.495 e. The Kier molecular flexibility index (Phi) is 6.03. The lowest BCUT2D eigenvalue weighted by Crippen LogP contribution is -2.59. The summed E-state index contributed by atoms with van der Waals surface area (Å²) in [5.41, 5.74) is 0.138. The topological polar surface area (TPSA) is 50.8 Å². The number of likely N-dealkylation sites (N-methyl/N-ethyl adjacent to an activating group) is 1. The number of methoxy groups -OCH3 is 2. The van der Waals surface area contributed by atoms with Gasteiger partial charge in [-0.15, -0.1) is 0 Å². The summed E-state index contributed by atoms with van der Waals surface area (Å²) in [6.07, 6.45) is 0. The highest BCUT2D eigenvalue weighted by atomic mass is 16.5. The fourth-order valence-electron chi connectivity index (χ4n) is 2.54. The first-order valence-electron chi connectivity index (χ1n) is 7.04.